The number of ether oxygens (including phenoxy) is 2. The number of morpholine rings is 1. The molecule has 0 aliphatic carbocycles. The van der Waals surface area contributed by atoms with Crippen molar-refractivity contribution >= 4 is 11.8 Å². The summed E-state index contributed by atoms with van der Waals surface area (Å²) >= 11 is 0. The molecule has 0 bridgehead atoms. The molecule has 1 fully saturated rings. The van der Waals surface area contributed by atoms with E-state index in [9.17, 15) is 0 Å². The Labute approximate surface area is 123 Å². The summed E-state index contributed by atoms with van der Waals surface area (Å²) in [4.78, 5) is 10.8. The average molecular weight is 286 g/mol. The van der Waals surface area contributed by atoms with E-state index in [0.717, 1.165) is 35.9 Å². The third-order valence-corrected chi connectivity index (χ3v) is 3.43. The van der Waals surface area contributed by atoms with Gasteiger partial charge < -0.3 is 20.1 Å². The van der Waals surface area contributed by atoms with E-state index in [2.05, 4.69) is 14.9 Å². The van der Waals surface area contributed by atoms with Crippen molar-refractivity contribution in [2.75, 3.05) is 44.0 Å². The highest BCUT2D eigenvalue weighted by molar-refractivity contribution is 5.66. The number of anilines is 2. The molecule has 6 nitrogen and oxygen atoms in total. The van der Waals surface area contributed by atoms with E-state index in [4.69, 9.17) is 15.2 Å². The van der Waals surface area contributed by atoms with Crippen molar-refractivity contribution in [1.82, 2.24) is 9.97 Å². The molecule has 1 aliphatic heterocycles. The van der Waals surface area contributed by atoms with Crippen molar-refractivity contribution in [2.45, 2.75) is 0 Å². The number of nitrogens with zero attached hydrogens (tertiary/aromatic N) is 3. The van der Waals surface area contributed by atoms with Crippen LogP contribution in [-0.2, 0) is 4.74 Å². The molecular formula is C15H18N4O2. The van der Waals surface area contributed by atoms with E-state index in [-0.39, 0.29) is 5.95 Å². The van der Waals surface area contributed by atoms with Crippen molar-refractivity contribution in [3.05, 3.63) is 30.3 Å². The molecule has 6 heteroatoms. The summed E-state index contributed by atoms with van der Waals surface area (Å²) in [5.74, 6) is 1.90. The first kappa shape index (κ1) is 13.6. The predicted molar refractivity (Wildman–Crippen MR) is 81.5 cm³/mol. The van der Waals surface area contributed by atoms with Gasteiger partial charge in [-0.15, -0.1) is 0 Å². The van der Waals surface area contributed by atoms with E-state index >= 15 is 0 Å². The molecule has 2 aromatic rings. The van der Waals surface area contributed by atoms with E-state index < -0.39 is 0 Å². The largest absolute Gasteiger partial charge is 0.497 e. The summed E-state index contributed by atoms with van der Waals surface area (Å²) in [5.41, 5.74) is 7.61. The van der Waals surface area contributed by atoms with Crippen LogP contribution in [0.1, 0.15) is 0 Å². The molecule has 0 radical (unpaired) electrons. The van der Waals surface area contributed by atoms with Crippen molar-refractivity contribution in [1.29, 1.82) is 0 Å². The fraction of sp³-hybridized carbons (Fsp3) is 0.333. The highest BCUT2D eigenvalue weighted by atomic mass is 16.5. The summed E-state index contributed by atoms with van der Waals surface area (Å²) in [7, 11) is 1.65. The Hall–Kier alpha value is -2.34. The minimum Gasteiger partial charge on any atom is -0.497 e. The van der Waals surface area contributed by atoms with Crippen LogP contribution in [-0.4, -0.2) is 43.4 Å². The zero-order chi connectivity index (χ0) is 14.7. The van der Waals surface area contributed by atoms with Crippen LogP contribution >= 0.6 is 0 Å². The zero-order valence-electron chi connectivity index (χ0n) is 12.0. The second-order valence-corrected chi connectivity index (χ2v) is 4.80. The minimum atomic E-state index is 0.275. The minimum absolute atomic E-state index is 0.275. The summed E-state index contributed by atoms with van der Waals surface area (Å²) in [6.45, 7) is 3.04. The molecule has 1 saturated heterocycles. The van der Waals surface area contributed by atoms with Gasteiger partial charge in [0.2, 0.25) is 5.95 Å². The number of hydrogen-bond acceptors (Lipinski definition) is 6. The van der Waals surface area contributed by atoms with Crippen LogP contribution in [0.3, 0.4) is 0 Å². The lowest BCUT2D eigenvalue weighted by Crippen LogP contribution is -2.36. The first-order valence-corrected chi connectivity index (χ1v) is 6.88. The van der Waals surface area contributed by atoms with Crippen molar-refractivity contribution in [3.63, 3.8) is 0 Å². The normalized spacial score (nSPS) is 15.0. The molecule has 2 N–H and O–H groups in total. The van der Waals surface area contributed by atoms with Gasteiger partial charge in [-0.05, 0) is 12.1 Å². The molecule has 3 rings (SSSR count). The summed E-state index contributed by atoms with van der Waals surface area (Å²) in [6, 6.07) is 9.70. The molecule has 0 spiro atoms. The maximum absolute atomic E-state index is 5.86. The molecule has 110 valence electrons. The quantitative estimate of drug-likeness (QED) is 0.923. The van der Waals surface area contributed by atoms with Gasteiger partial charge >= 0.3 is 0 Å². The van der Waals surface area contributed by atoms with Crippen LogP contribution < -0.4 is 15.4 Å². The smallest absolute Gasteiger partial charge is 0.222 e. The highest BCUT2D eigenvalue weighted by Crippen LogP contribution is 2.26. The van der Waals surface area contributed by atoms with Crippen molar-refractivity contribution in [2.24, 2.45) is 0 Å². The van der Waals surface area contributed by atoms with Gasteiger partial charge in [0.25, 0.3) is 0 Å². The van der Waals surface area contributed by atoms with Crippen LogP contribution in [0.2, 0.25) is 0 Å². The number of nitrogens with two attached hydrogens (primary N) is 1. The second kappa shape index (κ2) is 5.97. The Balaban J connectivity index is 1.96. The third kappa shape index (κ3) is 3.05. The lowest BCUT2D eigenvalue weighted by Gasteiger charge is -2.28. The fourth-order valence-electron chi connectivity index (χ4n) is 2.34. The van der Waals surface area contributed by atoms with E-state index in [1.807, 2.05) is 30.3 Å². The standard InChI is InChI=1S/C15H18N4O2/c1-20-12-4-2-3-11(9-12)13-10-14(18-15(16)17-13)19-5-7-21-8-6-19/h2-4,9-10H,5-8H2,1H3,(H2,16,17,18). The number of benzene rings is 1. The topological polar surface area (TPSA) is 73.5 Å². The molecule has 0 amide bonds. The Morgan fingerprint density at radius 2 is 2.00 bits per heavy atom. The van der Waals surface area contributed by atoms with E-state index in [1.54, 1.807) is 7.11 Å². The van der Waals surface area contributed by atoms with Crippen molar-refractivity contribution < 1.29 is 9.47 Å². The number of nitrogen functional groups attached to an aromatic ring is 1. The lowest BCUT2D eigenvalue weighted by atomic mass is 10.1. The Morgan fingerprint density at radius 1 is 1.19 bits per heavy atom. The van der Waals surface area contributed by atoms with Crippen LogP contribution in [0, 0.1) is 0 Å². The van der Waals surface area contributed by atoms with Gasteiger partial charge in [0.15, 0.2) is 0 Å². The summed E-state index contributed by atoms with van der Waals surface area (Å²) < 4.78 is 10.6. The molecule has 2 heterocycles. The Kier molecular flexibility index (Phi) is 3.87. The molecule has 0 unspecified atom stereocenters. The SMILES string of the molecule is COc1cccc(-c2cc(N3CCOCC3)nc(N)n2)c1. The predicted octanol–water partition coefficient (Wildman–Crippen LogP) is 1.57. The Bertz CT molecular complexity index is 627. The van der Waals surface area contributed by atoms with Gasteiger partial charge in [-0.2, -0.15) is 4.98 Å². The molecule has 0 atom stereocenters. The average Bonchev–Trinajstić information content (AvgIpc) is 2.55. The van der Waals surface area contributed by atoms with Gasteiger partial charge in [-0.1, -0.05) is 12.1 Å². The molecular weight excluding hydrogens is 268 g/mol. The fourth-order valence-corrected chi connectivity index (χ4v) is 2.34. The molecule has 1 aliphatic rings. The molecule has 0 saturated carbocycles. The zero-order valence-corrected chi connectivity index (χ0v) is 12.0. The number of rotatable bonds is 3. The van der Waals surface area contributed by atoms with Crippen LogP contribution in [0.15, 0.2) is 30.3 Å². The van der Waals surface area contributed by atoms with Crippen LogP contribution in [0.25, 0.3) is 11.3 Å². The van der Waals surface area contributed by atoms with Crippen LogP contribution in [0.4, 0.5) is 11.8 Å². The van der Waals surface area contributed by atoms with E-state index in [1.165, 1.54) is 0 Å². The highest BCUT2D eigenvalue weighted by Gasteiger charge is 2.15. The van der Waals surface area contributed by atoms with Gasteiger partial charge in [0, 0.05) is 24.7 Å². The van der Waals surface area contributed by atoms with Gasteiger partial charge in [0.1, 0.15) is 11.6 Å². The maximum Gasteiger partial charge on any atom is 0.222 e. The summed E-state index contributed by atoms with van der Waals surface area (Å²) in [5, 5.41) is 0. The number of hydrogen-bond donors (Lipinski definition) is 1. The van der Waals surface area contributed by atoms with Crippen LogP contribution in [0.5, 0.6) is 5.75 Å². The van der Waals surface area contributed by atoms with Gasteiger partial charge in [0.05, 0.1) is 26.0 Å². The monoisotopic (exact) mass is 286 g/mol. The van der Waals surface area contributed by atoms with Gasteiger partial charge in [-0.3, -0.25) is 0 Å². The maximum atomic E-state index is 5.86. The third-order valence-electron chi connectivity index (χ3n) is 3.43. The first-order chi connectivity index (χ1) is 10.3. The van der Waals surface area contributed by atoms with Crippen molar-refractivity contribution in [3.8, 4) is 17.0 Å². The first-order valence-electron chi connectivity index (χ1n) is 6.88. The second-order valence-electron chi connectivity index (χ2n) is 4.80. The van der Waals surface area contributed by atoms with E-state index in [0.29, 0.717) is 13.2 Å². The number of methoxy groups -OCH3 is 1. The summed E-state index contributed by atoms with van der Waals surface area (Å²) in [6.07, 6.45) is 0. The molecule has 1 aromatic heterocycles. The van der Waals surface area contributed by atoms with Gasteiger partial charge in [-0.25, -0.2) is 4.98 Å². The lowest BCUT2D eigenvalue weighted by molar-refractivity contribution is 0.122. The Morgan fingerprint density at radius 3 is 2.76 bits per heavy atom. The molecule has 1 aromatic carbocycles. The molecule has 21 heavy (non-hydrogen) atoms. The number of aromatic nitrogens is 2.